The summed E-state index contributed by atoms with van der Waals surface area (Å²) in [5.41, 5.74) is -0.370. The second kappa shape index (κ2) is 6.00. The summed E-state index contributed by atoms with van der Waals surface area (Å²) in [5.74, 6) is 0.967. The third-order valence-electron chi connectivity index (χ3n) is 2.02. The summed E-state index contributed by atoms with van der Waals surface area (Å²) in [5, 5.41) is 3.06. The van der Waals surface area contributed by atoms with Crippen molar-refractivity contribution in [3.05, 3.63) is 21.7 Å². The topological polar surface area (TPSA) is 74.8 Å². The maximum Gasteiger partial charge on any atom is 0.271 e. The average molecular weight is 264 g/mol. The summed E-state index contributed by atoms with van der Waals surface area (Å²) in [6, 6.07) is 0.0655. The predicted octanol–water partition coefficient (Wildman–Crippen LogP) is 0.992. The van der Waals surface area contributed by atoms with Crippen LogP contribution in [0.2, 0.25) is 5.02 Å². The van der Waals surface area contributed by atoms with E-state index in [0.717, 1.165) is 6.42 Å². The van der Waals surface area contributed by atoms with Crippen LogP contribution in [0, 0.1) is 0 Å². The molecule has 16 heavy (non-hydrogen) atoms. The highest BCUT2D eigenvalue weighted by Gasteiger charge is 2.09. The molecule has 0 bridgehead atoms. The number of rotatable bonds is 5. The van der Waals surface area contributed by atoms with E-state index in [4.69, 9.17) is 11.6 Å². The summed E-state index contributed by atoms with van der Waals surface area (Å²) in [7, 11) is -0.815. The maximum atomic E-state index is 11.2. The number of aromatic amines is 1. The smallest absolute Gasteiger partial charge is 0.271 e. The molecular formula is C9H14ClN3O2S. The molecule has 2 unspecified atom stereocenters. The SMILES string of the molecule is CC(CCS(C)=O)Nc1nc[nH]c(=O)c1Cl. The van der Waals surface area contributed by atoms with E-state index in [2.05, 4.69) is 15.3 Å². The zero-order valence-electron chi connectivity index (χ0n) is 9.12. The third-order valence-corrected chi connectivity index (χ3v) is 3.18. The number of anilines is 1. The van der Waals surface area contributed by atoms with Crippen molar-refractivity contribution in [3.8, 4) is 0 Å². The highest BCUT2D eigenvalue weighted by atomic mass is 35.5. The fraction of sp³-hybridized carbons (Fsp3) is 0.556. The van der Waals surface area contributed by atoms with Crippen molar-refractivity contribution in [2.75, 3.05) is 17.3 Å². The second-order valence-electron chi connectivity index (χ2n) is 3.51. The quantitative estimate of drug-likeness (QED) is 0.831. The lowest BCUT2D eigenvalue weighted by Crippen LogP contribution is -2.21. The van der Waals surface area contributed by atoms with Gasteiger partial charge in [0.1, 0.15) is 5.02 Å². The fourth-order valence-electron chi connectivity index (χ4n) is 1.13. The summed E-state index contributed by atoms with van der Waals surface area (Å²) in [4.78, 5) is 17.5. The highest BCUT2D eigenvalue weighted by Crippen LogP contribution is 2.14. The van der Waals surface area contributed by atoms with Gasteiger partial charge in [-0.05, 0) is 13.3 Å². The van der Waals surface area contributed by atoms with Crippen molar-refractivity contribution in [3.63, 3.8) is 0 Å². The van der Waals surface area contributed by atoms with Crippen LogP contribution in [0.15, 0.2) is 11.1 Å². The van der Waals surface area contributed by atoms with E-state index < -0.39 is 10.8 Å². The average Bonchev–Trinajstić information content (AvgIpc) is 2.22. The van der Waals surface area contributed by atoms with Crippen LogP contribution in [-0.4, -0.2) is 32.2 Å². The monoisotopic (exact) mass is 263 g/mol. The summed E-state index contributed by atoms with van der Waals surface area (Å²) >= 11 is 5.77. The molecule has 0 fully saturated rings. The maximum absolute atomic E-state index is 11.2. The molecule has 0 radical (unpaired) electrons. The van der Waals surface area contributed by atoms with Gasteiger partial charge in [0.15, 0.2) is 5.82 Å². The van der Waals surface area contributed by atoms with E-state index in [1.807, 2.05) is 6.92 Å². The molecule has 0 aliphatic heterocycles. The first-order valence-electron chi connectivity index (χ1n) is 4.80. The number of nitrogens with one attached hydrogen (secondary N) is 2. The molecule has 0 amide bonds. The Balaban J connectivity index is 2.62. The number of halogens is 1. The van der Waals surface area contributed by atoms with Gasteiger partial charge in [-0.2, -0.15) is 0 Å². The van der Waals surface area contributed by atoms with E-state index >= 15 is 0 Å². The summed E-state index contributed by atoms with van der Waals surface area (Å²) in [6.07, 6.45) is 3.68. The zero-order valence-corrected chi connectivity index (χ0v) is 10.7. The molecule has 1 aromatic rings. The van der Waals surface area contributed by atoms with Crippen LogP contribution in [0.25, 0.3) is 0 Å². The Bertz CT molecular complexity index is 435. The van der Waals surface area contributed by atoms with Crippen LogP contribution >= 0.6 is 11.6 Å². The van der Waals surface area contributed by atoms with Crippen molar-refractivity contribution >= 4 is 28.2 Å². The molecule has 0 aromatic carbocycles. The van der Waals surface area contributed by atoms with E-state index in [1.165, 1.54) is 6.33 Å². The first-order chi connectivity index (χ1) is 7.50. The van der Waals surface area contributed by atoms with Gasteiger partial charge in [-0.3, -0.25) is 9.00 Å². The van der Waals surface area contributed by atoms with Crippen LogP contribution < -0.4 is 10.9 Å². The van der Waals surface area contributed by atoms with Gasteiger partial charge < -0.3 is 10.3 Å². The van der Waals surface area contributed by atoms with E-state index in [0.29, 0.717) is 11.6 Å². The molecule has 5 nitrogen and oxygen atoms in total. The van der Waals surface area contributed by atoms with Crippen molar-refractivity contribution in [2.45, 2.75) is 19.4 Å². The molecule has 0 spiro atoms. The van der Waals surface area contributed by atoms with Crippen molar-refractivity contribution < 1.29 is 4.21 Å². The molecule has 2 atom stereocenters. The van der Waals surface area contributed by atoms with Gasteiger partial charge in [-0.15, -0.1) is 0 Å². The van der Waals surface area contributed by atoms with Gasteiger partial charge in [0.25, 0.3) is 5.56 Å². The Morgan fingerprint density at radius 2 is 2.38 bits per heavy atom. The van der Waals surface area contributed by atoms with Gasteiger partial charge in [0, 0.05) is 28.9 Å². The van der Waals surface area contributed by atoms with Gasteiger partial charge in [0.05, 0.1) is 6.33 Å². The molecule has 0 saturated carbocycles. The van der Waals surface area contributed by atoms with Crippen LogP contribution in [0.5, 0.6) is 0 Å². The fourth-order valence-corrected chi connectivity index (χ4v) is 1.98. The first kappa shape index (κ1) is 13.2. The Morgan fingerprint density at radius 1 is 1.69 bits per heavy atom. The number of nitrogens with zero attached hydrogens (tertiary/aromatic N) is 1. The molecule has 1 rings (SSSR count). The lowest BCUT2D eigenvalue weighted by atomic mass is 10.2. The molecule has 2 N–H and O–H groups in total. The molecule has 0 aliphatic carbocycles. The van der Waals surface area contributed by atoms with Crippen molar-refractivity contribution in [1.29, 1.82) is 0 Å². The Morgan fingerprint density at radius 3 is 3.00 bits per heavy atom. The highest BCUT2D eigenvalue weighted by molar-refractivity contribution is 7.84. The molecule has 0 saturated heterocycles. The molecule has 90 valence electrons. The lowest BCUT2D eigenvalue weighted by molar-refractivity contribution is 0.678. The normalized spacial score (nSPS) is 14.4. The number of hydrogen-bond donors (Lipinski definition) is 2. The molecule has 1 aromatic heterocycles. The van der Waals surface area contributed by atoms with Gasteiger partial charge in [-0.25, -0.2) is 4.98 Å². The Kier molecular flexibility index (Phi) is 4.95. The standard InChI is InChI=1S/C9H14ClN3O2S/c1-6(3-4-16(2)15)13-8-7(10)9(14)12-5-11-8/h5-6H,3-4H2,1-2H3,(H2,11,12,13,14). The summed E-state index contributed by atoms with van der Waals surface area (Å²) in [6.45, 7) is 1.92. The van der Waals surface area contributed by atoms with E-state index in [-0.39, 0.29) is 16.6 Å². The summed E-state index contributed by atoms with van der Waals surface area (Å²) < 4.78 is 10.9. The van der Waals surface area contributed by atoms with E-state index in [9.17, 15) is 9.00 Å². The van der Waals surface area contributed by atoms with Crippen LogP contribution in [0.4, 0.5) is 5.82 Å². The largest absolute Gasteiger partial charge is 0.366 e. The van der Waals surface area contributed by atoms with Crippen LogP contribution in [-0.2, 0) is 10.8 Å². The van der Waals surface area contributed by atoms with Crippen LogP contribution in [0.3, 0.4) is 0 Å². The van der Waals surface area contributed by atoms with Crippen LogP contribution in [0.1, 0.15) is 13.3 Å². The minimum Gasteiger partial charge on any atom is -0.366 e. The molecule has 1 heterocycles. The van der Waals surface area contributed by atoms with Gasteiger partial charge in [-0.1, -0.05) is 11.6 Å². The third kappa shape index (κ3) is 3.94. The van der Waals surface area contributed by atoms with Gasteiger partial charge >= 0.3 is 0 Å². The van der Waals surface area contributed by atoms with E-state index in [1.54, 1.807) is 6.26 Å². The lowest BCUT2D eigenvalue weighted by Gasteiger charge is -2.13. The predicted molar refractivity (Wildman–Crippen MR) is 66.5 cm³/mol. The van der Waals surface area contributed by atoms with Gasteiger partial charge in [0.2, 0.25) is 0 Å². The number of H-pyrrole nitrogens is 1. The number of hydrogen-bond acceptors (Lipinski definition) is 4. The second-order valence-corrected chi connectivity index (χ2v) is 5.44. The Labute approximate surface area is 101 Å². The molecule has 7 heteroatoms. The van der Waals surface area contributed by atoms with Crippen molar-refractivity contribution in [2.24, 2.45) is 0 Å². The first-order valence-corrected chi connectivity index (χ1v) is 6.91. The zero-order chi connectivity index (χ0) is 12.1. The molecular weight excluding hydrogens is 250 g/mol. The number of aromatic nitrogens is 2. The Hall–Kier alpha value is -0.880. The molecule has 0 aliphatic rings. The minimum absolute atomic E-state index is 0.0481. The minimum atomic E-state index is -0.815. The van der Waals surface area contributed by atoms with Crippen molar-refractivity contribution in [1.82, 2.24) is 9.97 Å².